The Morgan fingerprint density at radius 1 is 1.57 bits per heavy atom. The third-order valence-electron chi connectivity index (χ3n) is 1.61. The Kier molecular flexibility index (Phi) is 3.59. The van der Waals surface area contributed by atoms with Gasteiger partial charge in [-0.1, -0.05) is 11.6 Å². The van der Waals surface area contributed by atoms with Gasteiger partial charge in [-0.15, -0.1) is 0 Å². The van der Waals surface area contributed by atoms with E-state index < -0.39 is 11.8 Å². The van der Waals surface area contributed by atoms with Crippen LogP contribution in [0.15, 0.2) is 18.5 Å². The van der Waals surface area contributed by atoms with Gasteiger partial charge in [0.2, 0.25) is 5.78 Å². The highest BCUT2D eigenvalue weighted by molar-refractivity contribution is 6.35. The van der Waals surface area contributed by atoms with Crippen molar-refractivity contribution in [1.29, 1.82) is 0 Å². The highest BCUT2D eigenvalue weighted by atomic mass is 35.5. The normalized spacial score (nSPS) is 9.57. The predicted molar refractivity (Wildman–Crippen MR) is 50.0 cm³/mol. The number of rotatable bonds is 3. The third-order valence-corrected chi connectivity index (χ3v) is 1.98. The molecule has 5 heteroatoms. The summed E-state index contributed by atoms with van der Waals surface area (Å²) in [5.41, 5.74) is 0.518. The molecular weight excluding hydrogens is 206 g/mol. The van der Waals surface area contributed by atoms with Crippen molar-refractivity contribution in [3.05, 3.63) is 29.0 Å². The molecule has 1 rings (SSSR count). The third kappa shape index (κ3) is 2.53. The average molecular weight is 214 g/mol. The Labute approximate surface area is 85.9 Å². The number of Topliss-reactive ketones (excluding diaryl/α,β-unsaturated/α-hetero) is 1. The molecule has 0 aromatic carbocycles. The second-order valence-corrected chi connectivity index (χ2v) is 2.97. The van der Waals surface area contributed by atoms with Crippen LogP contribution in [0.1, 0.15) is 5.56 Å². The number of nitrogens with zero attached hydrogens (tertiary/aromatic N) is 1. The number of carbonyl (C=O) groups excluding carboxylic acids is 2. The second-order valence-electron chi connectivity index (χ2n) is 2.56. The summed E-state index contributed by atoms with van der Waals surface area (Å²) in [6.45, 7) is 0. The Morgan fingerprint density at radius 2 is 2.29 bits per heavy atom. The van der Waals surface area contributed by atoms with Gasteiger partial charge in [0.05, 0.1) is 7.11 Å². The Balaban J connectivity index is 2.75. The van der Waals surface area contributed by atoms with Crippen LogP contribution in [0.4, 0.5) is 0 Å². The number of methoxy groups -OCH3 is 1. The molecule has 0 radical (unpaired) electrons. The van der Waals surface area contributed by atoms with Gasteiger partial charge in [-0.05, 0) is 11.6 Å². The van der Waals surface area contributed by atoms with Gasteiger partial charge in [-0.3, -0.25) is 9.78 Å². The molecule has 0 unspecified atom stereocenters. The maximum atomic E-state index is 11.1. The molecule has 4 nitrogen and oxygen atoms in total. The molecule has 0 aliphatic rings. The van der Waals surface area contributed by atoms with Crippen LogP contribution in [-0.4, -0.2) is 23.8 Å². The zero-order valence-corrected chi connectivity index (χ0v) is 8.25. The van der Waals surface area contributed by atoms with Gasteiger partial charge < -0.3 is 4.74 Å². The zero-order chi connectivity index (χ0) is 10.6. The van der Waals surface area contributed by atoms with Crippen molar-refractivity contribution in [3.63, 3.8) is 0 Å². The fourth-order valence-corrected chi connectivity index (χ4v) is 1.07. The van der Waals surface area contributed by atoms with E-state index in [9.17, 15) is 9.59 Å². The number of hydrogen-bond donors (Lipinski definition) is 0. The summed E-state index contributed by atoms with van der Waals surface area (Å²) in [5, 5.41) is 0.414. The Hall–Kier alpha value is -1.42. The molecule has 74 valence electrons. The molecule has 0 amide bonds. The summed E-state index contributed by atoms with van der Waals surface area (Å²) in [5.74, 6) is -1.51. The van der Waals surface area contributed by atoms with E-state index >= 15 is 0 Å². The van der Waals surface area contributed by atoms with E-state index in [1.54, 1.807) is 6.07 Å². The van der Waals surface area contributed by atoms with Crippen molar-refractivity contribution >= 4 is 23.4 Å². The van der Waals surface area contributed by atoms with Crippen molar-refractivity contribution in [2.24, 2.45) is 0 Å². The molecule has 0 fully saturated rings. The molecule has 0 bridgehead atoms. The molecule has 0 atom stereocenters. The van der Waals surface area contributed by atoms with E-state index in [4.69, 9.17) is 11.6 Å². The first kappa shape index (κ1) is 10.7. The molecule has 0 aliphatic carbocycles. The molecule has 0 aliphatic heterocycles. The minimum atomic E-state index is -0.870. The topological polar surface area (TPSA) is 56.3 Å². The monoisotopic (exact) mass is 213 g/mol. The largest absolute Gasteiger partial charge is 0.463 e. The van der Waals surface area contributed by atoms with Crippen LogP contribution in [0.3, 0.4) is 0 Å². The summed E-state index contributed by atoms with van der Waals surface area (Å²) >= 11 is 5.77. The van der Waals surface area contributed by atoms with Crippen LogP contribution in [-0.2, 0) is 20.7 Å². The first-order valence-electron chi connectivity index (χ1n) is 3.84. The van der Waals surface area contributed by atoms with E-state index in [2.05, 4.69) is 9.72 Å². The molecular formula is C9H8ClNO3. The lowest BCUT2D eigenvalue weighted by Crippen LogP contribution is -2.17. The van der Waals surface area contributed by atoms with Crippen molar-refractivity contribution in [1.82, 2.24) is 4.98 Å². The molecule has 0 N–H and O–H groups in total. The highest BCUT2D eigenvalue weighted by Gasteiger charge is 2.15. The molecule has 0 saturated heterocycles. The number of halogens is 1. The van der Waals surface area contributed by atoms with E-state index in [1.165, 1.54) is 12.4 Å². The molecule has 0 saturated carbocycles. The molecule has 14 heavy (non-hydrogen) atoms. The van der Waals surface area contributed by atoms with Crippen LogP contribution in [0.25, 0.3) is 0 Å². The van der Waals surface area contributed by atoms with E-state index in [0.717, 1.165) is 7.11 Å². The van der Waals surface area contributed by atoms with Crippen LogP contribution < -0.4 is 0 Å². The van der Waals surface area contributed by atoms with Crippen molar-refractivity contribution in [2.75, 3.05) is 7.11 Å². The summed E-state index contributed by atoms with van der Waals surface area (Å²) in [4.78, 5) is 25.7. The van der Waals surface area contributed by atoms with Gasteiger partial charge in [0.1, 0.15) is 0 Å². The SMILES string of the molecule is COC(=O)C(=O)Cc1cnccc1Cl. The lowest BCUT2D eigenvalue weighted by atomic mass is 10.1. The summed E-state index contributed by atoms with van der Waals surface area (Å²) in [7, 11) is 1.16. The predicted octanol–water partition coefficient (Wildman–Crippen LogP) is 1.02. The summed E-state index contributed by atoms with van der Waals surface area (Å²) in [6, 6.07) is 1.56. The lowest BCUT2D eigenvalue weighted by molar-refractivity contribution is -0.151. The average Bonchev–Trinajstić information content (AvgIpc) is 2.20. The van der Waals surface area contributed by atoms with Crippen LogP contribution in [0.5, 0.6) is 0 Å². The van der Waals surface area contributed by atoms with Gasteiger partial charge in [0.15, 0.2) is 0 Å². The van der Waals surface area contributed by atoms with Gasteiger partial charge in [-0.25, -0.2) is 4.79 Å². The van der Waals surface area contributed by atoms with Crippen LogP contribution in [0, 0.1) is 0 Å². The lowest BCUT2D eigenvalue weighted by Gasteiger charge is -2.00. The Bertz CT molecular complexity index is 365. The number of carbonyl (C=O) groups is 2. The van der Waals surface area contributed by atoms with Gasteiger partial charge in [-0.2, -0.15) is 0 Å². The van der Waals surface area contributed by atoms with Gasteiger partial charge in [0, 0.05) is 23.8 Å². The molecule has 0 spiro atoms. The minimum absolute atomic E-state index is 0.0840. The summed E-state index contributed by atoms with van der Waals surface area (Å²) < 4.78 is 4.27. The smallest absolute Gasteiger partial charge is 0.374 e. The minimum Gasteiger partial charge on any atom is -0.463 e. The highest BCUT2D eigenvalue weighted by Crippen LogP contribution is 2.14. The van der Waals surface area contributed by atoms with E-state index in [1.807, 2.05) is 0 Å². The van der Waals surface area contributed by atoms with Crippen LogP contribution >= 0.6 is 11.6 Å². The number of ether oxygens (including phenoxy) is 1. The standard InChI is InChI=1S/C9H8ClNO3/c1-14-9(13)8(12)4-6-5-11-3-2-7(6)10/h2-3,5H,4H2,1H3. The number of aromatic nitrogens is 1. The fourth-order valence-electron chi connectivity index (χ4n) is 0.899. The first-order valence-corrected chi connectivity index (χ1v) is 4.22. The van der Waals surface area contributed by atoms with Crippen molar-refractivity contribution in [3.8, 4) is 0 Å². The van der Waals surface area contributed by atoms with Crippen molar-refractivity contribution in [2.45, 2.75) is 6.42 Å². The number of ketones is 1. The van der Waals surface area contributed by atoms with Crippen LogP contribution in [0.2, 0.25) is 5.02 Å². The second kappa shape index (κ2) is 4.72. The molecule has 1 heterocycles. The fraction of sp³-hybridized carbons (Fsp3) is 0.222. The first-order chi connectivity index (χ1) is 6.65. The maximum absolute atomic E-state index is 11.1. The van der Waals surface area contributed by atoms with Gasteiger partial charge >= 0.3 is 5.97 Å². The zero-order valence-electron chi connectivity index (χ0n) is 7.49. The molecule has 1 aromatic heterocycles. The summed E-state index contributed by atoms with van der Waals surface area (Å²) in [6.07, 6.45) is 2.87. The van der Waals surface area contributed by atoms with Crippen molar-refractivity contribution < 1.29 is 14.3 Å². The van der Waals surface area contributed by atoms with Gasteiger partial charge in [0.25, 0.3) is 0 Å². The number of pyridine rings is 1. The van der Waals surface area contributed by atoms with E-state index in [-0.39, 0.29) is 6.42 Å². The Morgan fingerprint density at radius 3 is 2.86 bits per heavy atom. The number of esters is 1. The van der Waals surface area contributed by atoms with E-state index in [0.29, 0.717) is 10.6 Å². The molecule has 1 aromatic rings. The maximum Gasteiger partial charge on any atom is 0.374 e. The number of hydrogen-bond acceptors (Lipinski definition) is 4. The quantitative estimate of drug-likeness (QED) is 0.556.